The molecule has 0 aliphatic heterocycles. The lowest BCUT2D eigenvalue weighted by atomic mass is 10.0. The van der Waals surface area contributed by atoms with Crippen LogP contribution in [-0.2, 0) is 6.42 Å². The fourth-order valence-electron chi connectivity index (χ4n) is 2.24. The molecular weight excluding hydrogens is 267 g/mol. The molecule has 4 heteroatoms. The van der Waals surface area contributed by atoms with E-state index in [-0.39, 0.29) is 11.6 Å². The third-order valence-corrected chi connectivity index (χ3v) is 3.40. The van der Waals surface area contributed by atoms with Crippen LogP contribution in [0.3, 0.4) is 0 Å². The van der Waals surface area contributed by atoms with Gasteiger partial charge >= 0.3 is 0 Å². The van der Waals surface area contributed by atoms with Crippen LogP contribution in [0, 0.1) is 12.7 Å². The number of nitrogens with two attached hydrogens (primary N) is 1. The number of carbonyl (C=O) groups excluding carboxylic acids is 1. The van der Waals surface area contributed by atoms with Crippen molar-refractivity contribution in [2.45, 2.75) is 26.3 Å². The van der Waals surface area contributed by atoms with Gasteiger partial charge in [-0.2, -0.15) is 0 Å². The molecule has 1 unspecified atom stereocenters. The Hall–Kier alpha value is -2.36. The topological polar surface area (TPSA) is 55.1 Å². The van der Waals surface area contributed by atoms with Crippen LogP contribution < -0.4 is 11.1 Å². The average Bonchev–Trinajstić information content (AvgIpc) is 2.44. The smallest absolute Gasteiger partial charge is 0.254 e. The standard InChI is InChI=1S/C17H19FN2O/c1-11-5-3-4-6-13(11)9-12(2)20-17(21)15-10-14(19)7-8-16(15)18/h3-8,10,12H,9,19H2,1-2H3,(H,20,21). The van der Waals surface area contributed by atoms with Gasteiger partial charge in [0, 0.05) is 11.7 Å². The van der Waals surface area contributed by atoms with Crippen LogP contribution in [0.25, 0.3) is 0 Å². The number of carbonyl (C=O) groups is 1. The number of hydrogen-bond donors (Lipinski definition) is 2. The molecule has 0 aromatic heterocycles. The number of nitrogen functional groups attached to an aromatic ring is 1. The molecule has 2 aromatic carbocycles. The first-order chi connectivity index (χ1) is 9.97. The molecule has 0 bridgehead atoms. The Balaban J connectivity index is 2.06. The minimum atomic E-state index is -0.565. The first-order valence-electron chi connectivity index (χ1n) is 6.87. The zero-order chi connectivity index (χ0) is 15.4. The number of rotatable bonds is 4. The maximum absolute atomic E-state index is 13.6. The van der Waals surface area contributed by atoms with Crippen LogP contribution in [0.1, 0.15) is 28.4 Å². The summed E-state index contributed by atoms with van der Waals surface area (Å²) in [6.45, 7) is 3.93. The molecule has 0 fully saturated rings. The van der Waals surface area contributed by atoms with Crippen molar-refractivity contribution in [1.29, 1.82) is 0 Å². The second-order valence-electron chi connectivity index (χ2n) is 5.24. The Morgan fingerprint density at radius 1 is 1.29 bits per heavy atom. The van der Waals surface area contributed by atoms with Gasteiger partial charge in [0.15, 0.2) is 0 Å². The third kappa shape index (κ3) is 3.81. The fraction of sp³-hybridized carbons (Fsp3) is 0.235. The van der Waals surface area contributed by atoms with Gasteiger partial charge < -0.3 is 11.1 Å². The van der Waals surface area contributed by atoms with Gasteiger partial charge in [0.1, 0.15) is 5.82 Å². The van der Waals surface area contributed by atoms with Crippen molar-refractivity contribution < 1.29 is 9.18 Å². The average molecular weight is 286 g/mol. The summed E-state index contributed by atoms with van der Waals surface area (Å²) >= 11 is 0. The molecule has 0 spiro atoms. The van der Waals surface area contributed by atoms with Gasteiger partial charge in [0.25, 0.3) is 5.91 Å². The van der Waals surface area contributed by atoms with E-state index in [0.29, 0.717) is 12.1 Å². The summed E-state index contributed by atoms with van der Waals surface area (Å²) < 4.78 is 13.6. The lowest BCUT2D eigenvalue weighted by molar-refractivity contribution is 0.0936. The predicted molar refractivity (Wildman–Crippen MR) is 82.6 cm³/mol. The monoisotopic (exact) mass is 286 g/mol. The van der Waals surface area contributed by atoms with Crippen molar-refractivity contribution in [2.75, 3.05) is 5.73 Å². The number of aryl methyl sites for hydroxylation is 1. The summed E-state index contributed by atoms with van der Waals surface area (Å²) in [7, 11) is 0. The van der Waals surface area contributed by atoms with Crippen molar-refractivity contribution in [3.63, 3.8) is 0 Å². The molecule has 0 radical (unpaired) electrons. The molecule has 2 aromatic rings. The highest BCUT2D eigenvalue weighted by atomic mass is 19.1. The number of amides is 1. The molecule has 1 atom stereocenters. The van der Waals surface area contributed by atoms with Gasteiger partial charge in [-0.15, -0.1) is 0 Å². The summed E-state index contributed by atoms with van der Waals surface area (Å²) in [6, 6.07) is 11.9. The van der Waals surface area contributed by atoms with E-state index >= 15 is 0 Å². The Morgan fingerprint density at radius 2 is 2.00 bits per heavy atom. The molecule has 0 aliphatic carbocycles. The van der Waals surface area contributed by atoms with Gasteiger partial charge in [-0.3, -0.25) is 4.79 Å². The van der Waals surface area contributed by atoms with E-state index in [2.05, 4.69) is 5.32 Å². The third-order valence-electron chi connectivity index (χ3n) is 3.40. The van der Waals surface area contributed by atoms with Crippen molar-refractivity contribution in [1.82, 2.24) is 5.32 Å². The van der Waals surface area contributed by atoms with Crippen LogP contribution in [0.5, 0.6) is 0 Å². The lowest BCUT2D eigenvalue weighted by Gasteiger charge is -2.16. The molecule has 110 valence electrons. The van der Waals surface area contributed by atoms with Gasteiger partial charge in [0.2, 0.25) is 0 Å². The minimum absolute atomic E-state index is 0.0216. The van der Waals surface area contributed by atoms with Crippen LogP contribution in [0.2, 0.25) is 0 Å². The minimum Gasteiger partial charge on any atom is -0.399 e. The van der Waals surface area contributed by atoms with Crippen molar-refractivity contribution >= 4 is 11.6 Å². The highest BCUT2D eigenvalue weighted by molar-refractivity contribution is 5.95. The number of anilines is 1. The van der Waals surface area contributed by atoms with Crippen LogP contribution >= 0.6 is 0 Å². The maximum atomic E-state index is 13.6. The van der Waals surface area contributed by atoms with Crippen LogP contribution in [0.4, 0.5) is 10.1 Å². The number of nitrogens with one attached hydrogen (secondary N) is 1. The fourth-order valence-corrected chi connectivity index (χ4v) is 2.24. The summed E-state index contributed by atoms with van der Waals surface area (Å²) in [6.07, 6.45) is 0.697. The SMILES string of the molecule is Cc1ccccc1CC(C)NC(=O)c1cc(N)ccc1F. The summed E-state index contributed by atoms with van der Waals surface area (Å²) in [5, 5.41) is 2.81. The highest BCUT2D eigenvalue weighted by Gasteiger charge is 2.15. The van der Waals surface area contributed by atoms with E-state index in [1.54, 1.807) is 0 Å². The van der Waals surface area contributed by atoms with E-state index in [1.165, 1.54) is 29.3 Å². The molecule has 0 saturated carbocycles. The van der Waals surface area contributed by atoms with Gasteiger partial charge in [-0.25, -0.2) is 4.39 Å². The Labute approximate surface area is 124 Å². The lowest BCUT2D eigenvalue weighted by Crippen LogP contribution is -2.34. The Morgan fingerprint density at radius 3 is 2.71 bits per heavy atom. The predicted octanol–water partition coefficient (Wildman–Crippen LogP) is 3.08. The summed E-state index contributed by atoms with van der Waals surface area (Å²) in [5.74, 6) is -1.01. The zero-order valence-electron chi connectivity index (χ0n) is 12.2. The highest BCUT2D eigenvalue weighted by Crippen LogP contribution is 2.13. The van der Waals surface area contributed by atoms with E-state index < -0.39 is 11.7 Å². The molecule has 0 aliphatic rings. The Kier molecular flexibility index (Phi) is 4.58. The number of halogens is 1. The molecule has 2 rings (SSSR count). The number of benzene rings is 2. The summed E-state index contributed by atoms with van der Waals surface area (Å²) in [4.78, 5) is 12.1. The Bertz CT molecular complexity index is 655. The largest absolute Gasteiger partial charge is 0.399 e. The van der Waals surface area contributed by atoms with Gasteiger partial charge in [-0.05, 0) is 49.6 Å². The van der Waals surface area contributed by atoms with Crippen molar-refractivity contribution in [2.24, 2.45) is 0 Å². The molecule has 0 heterocycles. The normalized spacial score (nSPS) is 12.0. The molecular formula is C17H19FN2O. The summed E-state index contributed by atoms with van der Waals surface area (Å²) in [5.41, 5.74) is 8.28. The second-order valence-corrected chi connectivity index (χ2v) is 5.24. The molecule has 0 saturated heterocycles. The van der Waals surface area contributed by atoms with Crippen molar-refractivity contribution in [3.8, 4) is 0 Å². The van der Waals surface area contributed by atoms with E-state index in [0.717, 1.165) is 0 Å². The van der Waals surface area contributed by atoms with Crippen molar-refractivity contribution in [3.05, 3.63) is 65.0 Å². The van der Waals surface area contributed by atoms with E-state index in [9.17, 15) is 9.18 Å². The van der Waals surface area contributed by atoms with E-state index in [4.69, 9.17) is 5.73 Å². The van der Waals surface area contributed by atoms with Gasteiger partial charge in [0.05, 0.1) is 5.56 Å². The van der Waals surface area contributed by atoms with Gasteiger partial charge in [-0.1, -0.05) is 24.3 Å². The van der Waals surface area contributed by atoms with Crippen LogP contribution in [-0.4, -0.2) is 11.9 Å². The molecule has 21 heavy (non-hydrogen) atoms. The molecule has 3 N–H and O–H groups in total. The molecule has 3 nitrogen and oxygen atoms in total. The number of hydrogen-bond acceptors (Lipinski definition) is 2. The molecule has 1 amide bonds. The first-order valence-corrected chi connectivity index (χ1v) is 6.87. The maximum Gasteiger partial charge on any atom is 0.254 e. The second kappa shape index (κ2) is 6.39. The quantitative estimate of drug-likeness (QED) is 0.849. The van der Waals surface area contributed by atoms with Crippen LogP contribution in [0.15, 0.2) is 42.5 Å². The van der Waals surface area contributed by atoms with E-state index in [1.807, 2.05) is 38.1 Å². The zero-order valence-corrected chi connectivity index (χ0v) is 12.2. The first kappa shape index (κ1) is 15.0.